The van der Waals surface area contributed by atoms with E-state index in [1.165, 1.54) is 34.0 Å². The standard InChI is InChI=1S/C20H20ClFN4O5/c1-24-19(30)15-17(28)16(27)12(9-26(15)25(2)20(24)6-7-31-10-20)18(29)23-8-11-4-3-5-13(21)14(11)22/h3-5,9,28H,6-8,10H2,1-2H3,(H,23,29). The van der Waals surface area contributed by atoms with Gasteiger partial charge in [0.05, 0.1) is 18.2 Å². The Morgan fingerprint density at radius 3 is 2.77 bits per heavy atom. The van der Waals surface area contributed by atoms with Gasteiger partial charge in [0.25, 0.3) is 11.8 Å². The maximum absolute atomic E-state index is 14.1. The molecule has 0 radical (unpaired) electrons. The van der Waals surface area contributed by atoms with Crippen LogP contribution in [0.1, 0.15) is 32.8 Å². The van der Waals surface area contributed by atoms with Gasteiger partial charge >= 0.3 is 0 Å². The average molecular weight is 451 g/mol. The van der Waals surface area contributed by atoms with Crippen LogP contribution in [0.15, 0.2) is 29.2 Å². The van der Waals surface area contributed by atoms with E-state index < -0.39 is 34.5 Å². The molecule has 0 bridgehead atoms. The van der Waals surface area contributed by atoms with E-state index in [9.17, 15) is 23.9 Å². The topological polar surface area (TPSA) is 104 Å². The predicted octanol–water partition coefficient (Wildman–Crippen LogP) is 1.05. The zero-order valence-electron chi connectivity index (χ0n) is 16.8. The number of hydrogen-bond acceptors (Lipinski definition) is 6. The highest BCUT2D eigenvalue weighted by molar-refractivity contribution is 6.30. The first kappa shape index (κ1) is 21.1. The fraction of sp³-hybridized carbons (Fsp3) is 0.350. The van der Waals surface area contributed by atoms with Crippen molar-refractivity contribution in [2.75, 3.05) is 32.3 Å². The van der Waals surface area contributed by atoms with Gasteiger partial charge in [0, 0.05) is 38.8 Å². The van der Waals surface area contributed by atoms with E-state index >= 15 is 0 Å². The number of halogens is 2. The van der Waals surface area contributed by atoms with Crippen molar-refractivity contribution in [3.8, 4) is 5.75 Å². The van der Waals surface area contributed by atoms with E-state index in [-0.39, 0.29) is 35.0 Å². The number of nitrogens with zero attached hydrogens (tertiary/aromatic N) is 3. The Balaban J connectivity index is 1.71. The first-order valence-corrected chi connectivity index (χ1v) is 9.86. The molecule has 0 saturated carbocycles. The molecular formula is C20H20ClFN4O5. The number of aromatic nitrogens is 1. The molecule has 1 unspecified atom stereocenters. The van der Waals surface area contributed by atoms with E-state index in [0.717, 1.165) is 0 Å². The molecule has 4 rings (SSSR count). The van der Waals surface area contributed by atoms with E-state index in [1.54, 1.807) is 19.1 Å². The van der Waals surface area contributed by atoms with Gasteiger partial charge < -0.3 is 20.1 Å². The highest BCUT2D eigenvalue weighted by Crippen LogP contribution is 2.34. The fourth-order valence-electron chi connectivity index (χ4n) is 3.97. The minimum atomic E-state index is -0.996. The number of amides is 2. The summed E-state index contributed by atoms with van der Waals surface area (Å²) >= 11 is 5.75. The van der Waals surface area contributed by atoms with E-state index in [0.29, 0.717) is 13.0 Å². The second kappa shape index (κ2) is 7.54. The molecule has 1 aromatic heterocycles. The van der Waals surface area contributed by atoms with E-state index in [4.69, 9.17) is 16.3 Å². The number of aromatic hydroxyl groups is 1. The molecule has 1 aromatic carbocycles. The molecule has 2 aliphatic heterocycles. The van der Waals surface area contributed by atoms with Gasteiger partial charge in [0.15, 0.2) is 17.1 Å². The molecular weight excluding hydrogens is 431 g/mol. The molecule has 11 heteroatoms. The van der Waals surface area contributed by atoms with Crippen LogP contribution in [0, 0.1) is 5.82 Å². The second-order valence-electron chi connectivity index (χ2n) is 7.48. The quantitative estimate of drug-likeness (QED) is 0.724. The minimum absolute atomic E-state index is 0.0911. The number of pyridine rings is 1. The van der Waals surface area contributed by atoms with Gasteiger partial charge in [0.1, 0.15) is 11.4 Å². The van der Waals surface area contributed by atoms with Crippen LogP contribution in [-0.4, -0.2) is 59.5 Å². The Morgan fingerprint density at radius 2 is 2.10 bits per heavy atom. The van der Waals surface area contributed by atoms with Crippen molar-refractivity contribution in [1.82, 2.24) is 14.9 Å². The minimum Gasteiger partial charge on any atom is -0.502 e. The molecule has 2 N–H and O–H groups in total. The van der Waals surface area contributed by atoms with Crippen molar-refractivity contribution in [3.63, 3.8) is 0 Å². The highest BCUT2D eigenvalue weighted by atomic mass is 35.5. The third-order valence-electron chi connectivity index (χ3n) is 5.92. The highest BCUT2D eigenvalue weighted by Gasteiger charge is 2.50. The summed E-state index contributed by atoms with van der Waals surface area (Å²) in [5, 5.41) is 14.5. The molecule has 9 nitrogen and oxygen atoms in total. The molecule has 1 spiro atoms. The summed E-state index contributed by atoms with van der Waals surface area (Å²) in [5.74, 6) is -2.90. The van der Waals surface area contributed by atoms with Crippen LogP contribution in [0.25, 0.3) is 0 Å². The number of rotatable bonds is 3. The number of carbonyl (C=O) groups excluding carboxylic acids is 2. The lowest BCUT2D eigenvalue weighted by Gasteiger charge is -2.50. The van der Waals surface area contributed by atoms with Crippen LogP contribution in [0.5, 0.6) is 5.75 Å². The van der Waals surface area contributed by atoms with Gasteiger partial charge in [-0.15, -0.1) is 0 Å². The molecule has 3 heterocycles. The monoisotopic (exact) mass is 450 g/mol. The molecule has 1 fully saturated rings. The van der Waals surface area contributed by atoms with Crippen LogP contribution in [0.3, 0.4) is 0 Å². The zero-order valence-corrected chi connectivity index (χ0v) is 17.6. The predicted molar refractivity (Wildman–Crippen MR) is 109 cm³/mol. The molecule has 1 atom stereocenters. The van der Waals surface area contributed by atoms with Gasteiger partial charge in [-0.05, 0) is 6.07 Å². The number of hydrogen-bond donors (Lipinski definition) is 2. The summed E-state index contributed by atoms with van der Waals surface area (Å²) in [5.41, 5.74) is -2.31. The number of carbonyl (C=O) groups is 2. The van der Waals surface area contributed by atoms with Crippen molar-refractivity contribution in [1.29, 1.82) is 0 Å². The fourth-order valence-corrected chi connectivity index (χ4v) is 4.17. The van der Waals surface area contributed by atoms with Crippen LogP contribution in [-0.2, 0) is 11.3 Å². The lowest BCUT2D eigenvalue weighted by molar-refractivity contribution is 0.0330. The Kier molecular flexibility index (Phi) is 5.14. The number of ether oxygens (including phenoxy) is 1. The van der Waals surface area contributed by atoms with Crippen LogP contribution in [0.4, 0.5) is 4.39 Å². The normalized spacial score (nSPS) is 20.3. The summed E-state index contributed by atoms with van der Waals surface area (Å²) in [6.07, 6.45) is 1.71. The van der Waals surface area contributed by atoms with Gasteiger partial charge in [-0.2, -0.15) is 0 Å². The van der Waals surface area contributed by atoms with Crippen molar-refractivity contribution in [2.45, 2.75) is 18.6 Å². The number of fused-ring (bicyclic) bond motifs is 1. The first-order chi connectivity index (χ1) is 14.7. The van der Waals surface area contributed by atoms with Gasteiger partial charge in [-0.25, -0.2) is 4.39 Å². The second-order valence-corrected chi connectivity index (χ2v) is 7.89. The third-order valence-corrected chi connectivity index (χ3v) is 6.21. The molecule has 2 aliphatic rings. The Labute approximate surface area is 181 Å². The van der Waals surface area contributed by atoms with E-state index in [2.05, 4.69) is 5.32 Å². The largest absolute Gasteiger partial charge is 0.502 e. The molecule has 164 valence electrons. The molecule has 2 aromatic rings. The summed E-state index contributed by atoms with van der Waals surface area (Å²) in [6, 6.07) is 4.36. The summed E-state index contributed by atoms with van der Waals surface area (Å²) < 4.78 is 20.9. The Morgan fingerprint density at radius 1 is 1.35 bits per heavy atom. The van der Waals surface area contributed by atoms with Crippen molar-refractivity contribution in [3.05, 3.63) is 62.3 Å². The SMILES string of the molecule is CN1C(=O)c2c(O)c(=O)c(C(=O)NCc3cccc(Cl)c3F)cn2N(C)C12CCOC2. The average Bonchev–Trinajstić information content (AvgIpc) is 3.24. The van der Waals surface area contributed by atoms with Crippen LogP contribution < -0.4 is 15.8 Å². The molecule has 2 amide bonds. The smallest absolute Gasteiger partial charge is 0.278 e. The third kappa shape index (κ3) is 3.14. The van der Waals surface area contributed by atoms with Crippen molar-refractivity contribution in [2.24, 2.45) is 0 Å². The zero-order chi connectivity index (χ0) is 22.5. The Bertz CT molecular complexity index is 1150. The molecule has 1 saturated heterocycles. The number of benzene rings is 1. The van der Waals surface area contributed by atoms with Gasteiger partial charge in [0.2, 0.25) is 5.43 Å². The first-order valence-electron chi connectivity index (χ1n) is 9.49. The van der Waals surface area contributed by atoms with Gasteiger partial charge in [-0.3, -0.25) is 24.1 Å². The van der Waals surface area contributed by atoms with Crippen LogP contribution in [0.2, 0.25) is 5.02 Å². The maximum Gasteiger partial charge on any atom is 0.278 e. The van der Waals surface area contributed by atoms with Crippen LogP contribution >= 0.6 is 11.6 Å². The number of nitrogens with one attached hydrogen (secondary N) is 1. The van der Waals surface area contributed by atoms with Crippen molar-refractivity contribution >= 4 is 23.4 Å². The lowest BCUT2D eigenvalue weighted by atomic mass is 10.0. The summed E-state index contributed by atoms with van der Waals surface area (Å²) in [6.45, 7) is 0.443. The molecule has 0 aliphatic carbocycles. The summed E-state index contributed by atoms with van der Waals surface area (Å²) in [7, 11) is 3.25. The number of likely N-dealkylation sites (N-methyl/N-ethyl adjacent to an activating group) is 2. The maximum atomic E-state index is 14.1. The summed E-state index contributed by atoms with van der Waals surface area (Å²) in [4.78, 5) is 39.7. The molecule has 31 heavy (non-hydrogen) atoms. The van der Waals surface area contributed by atoms with Gasteiger partial charge in [-0.1, -0.05) is 23.7 Å². The van der Waals surface area contributed by atoms with E-state index in [1.807, 2.05) is 0 Å². The lowest BCUT2D eigenvalue weighted by Crippen LogP contribution is -2.68. The Hall–Kier alpha value is -3.11. The van der Waals surface area contributed by atoms with Crippen molar-refractivity contribution < 1.29 is 23.8 Å².